The third kappa shape index (κ3) is 3.23. The summed E-state index contributed by atoms with van der Waals surface area (Å²) in [7, 11) is 1.57. The molecule has 2 aliphatic heterocycles. The molecule has 4 aromatic rings. The lowest BCUT2D eigenvalue weighted by Gasteiger charge is -2.19. The van der Waals surface area contributed by atoms with Crippen LogP contribution in [0.5, 0.6) is 23.0 Å². The minimum Gasteiger partial charge on any atom is -0.497 e. The second-order valence-electron chi connectivity index (χ2n) is 7.98. The fraction of sp³-hybridized carbons (Fsp3) is 0.154. The average Bonchev–Trinajstić information content (AvgIpc) is 3.49. The number of hydrogen-bond acceptors (Lipinski definition) is 7. The molecule has 6 rings (SSSR count). The monoisotopic (exact) mass is 457 g/mol. The molecule has 2 aliphatic rings. The maximum atomic E-state index is 13.5. The Morgan fingerprint density at radius 2 is 1.79 bits per heavy atom. The zero-order valence-electron chi connectivity index (χ0n) is 18.1. The summed E-state index contributed by atoms with van der Waals surface area (Å²) in [6, 6.07) is 19.4. The Morgan fingerprint density at radius 1 is 1.00 bits per heavy atom. The molecular weight excluding hydrogens is 438 g/mol. The van der Waals surface area contributed by atoms with E-state index in [2.05, 4.69) is 5.32 Å². The molecule has 2 atom stereocenters. The van der Waals surface area contributed by atoms with E-state index in [-0.39, 0.29) is 6.79 Å². The molecule has 0 bridgehead atoms. The van der Waals surface area contributed by atoms with Gasteiger partial charge in [-0.05, 0) is 42.0 Å². The molecule has 170 valence electrons. The van der Waals surface area contributed by atoms with Gasteiger partial charge in [-0.2, -0.15) is 0 Å². The normalized spacial score (nSPS) is 17.8. The van der Waals surface area contributed by atoms with Gasteiger partial charge in [0.2, 0.25) is 6.79 Å². The first-order valence-electron chi connectivity index (χ1n) is 10.7. The van der Waals surface area contributed by atoms with Crippen molar-refractivity contribution >= 4 is 22.6 Å². The molecular formula is C26H19NO7. The number of methoxy groups -OCH3 is 1. The predicted molar refractivity (Wildman–Crippen MR) is 123 cm³/mol. The molecule has 0 aliphatic carbocycles. The van der Waals surface area contributed by atoms with Gasteiger partial charge < -0.3 is 28.7 Å². The molecule has 8 heteroatoms. The van der Waals surface area contributed by atoms with E-state index >= 15 is 0 Å². The number of carbonyl (C=O) groups excluding carboxylic acids is 1. The summed E-state index contributed by atoms with van der Waals surface area (Å²) < 4.78 is 27.8. The molecule has 3 heterocycles. The third-order valence-electron chi connectivity index (χ3n) is 6.03. The fourth-order valence-corrected chi connectivity index (χ4v) is 4.42. The van der Waals surface area contributed by atoms with Crippen molar-refractivity contribution in [3.63, 3.8) is 0 Å². The molecule has 0 unspecified atom stereocenters. The van der Waals surface area contributed by atoms with E-state index < -0.39 is 23.6 Å². The van der Waals surface area contributed by atoms with Crippen molar-refractivity contribution in [1.82, 2.24) is 0 Å². The number of ether oxygens (including phenoxy) is 4. The number of nitrogens with one attached hydrogen (secondary N) is 1. The van der Waals surface area contributed by atoms with E-state index in [0.29, 0.717) is 45.2 Å². The van der Waals surface area contributed by atoms with Crippen LogP contribution in [-0.2, 0) is 4.79 Å². The van der Waals surface area contributed by atoms with Gasteiger partial charge in [-0.3, -0.25) is 4.79 Å². The van der Waals surface area contributed by atoms with Crippen LogP contribution in [0.4, 0.5) is 5.69 Å². The highest BCUT2D eigenvalue weighted by Crippen LogP contribution is 2.45. The first-order chi connectivity index (χ1) is 16.6. The summed E-state index contributed by atoms with van der Waals surface area (Å²) in [4.78, 5) is 26.5. The lowest BCUT2D eigenvalue weighted by molar-refractivity contribution is -0.122. The Hall–Kier alpha value is -4.46. The Kier molecular flexibility index (Phi) is 4.65. The van der Waals surface area contributed by atoms with Crippen molar-refractivity contribution in [2.24, 2.45) is 0 Å². The van der Waals surface area contributed by atoms with Gasteiger partial charge in [0.15, 0.2) is 17.6 Å². The lowest BCUT2D eigenvalue weighted by Crippen LogP contribution is -2.35. The molecule has 1 aromatic heterocycles. The van der Waals surface area contributed by atoms with Gasteiger partial charge in [-0.25, -0.2) is 4.79 Å². The molecule has 1 N–H and O–H groups in total. The maximum absolute atomic E-state index is 13.5. The zero-order valence-corrected chi connectivity index (χ0v) is 18.1. The number of carbonyl (C=O) groups is 1. The van der Waals surface area contributed by atoms with E-state index in [1.54, 1.807) is 55.6 Å². The van der Waals surface area contributed by atoms with Gasteiger partial charge in [-0.15, -0.1) is 0 Å². The summed E-state index contributed by atoms with van der Waals surface area (Å²) in [5.41, 5.74) is 1.44. The lowest BCUT2D eigenvalue weighted by atomic mass is 9.88. The highest BCUT2D eigenvalue weighted by molar-refractivity contribution is 5.98. The van der Waals surface area contributed by atoms with Crippen molar-refractivity contribution in [2.75, 3.05) is 19.2 Å². The molecule has 34 heavy (non-hydrogen) atoms. The van der Waals surface area contributed by atoms with Crippen LogP contribution < -0.4 is 29.9 Å². The number of para-hydroxylation sites is 1. The summed E-state index contributed by atoms with van der Waals surface area (Å²) in [5.74, 6) is 1.11. The largest absolute Gasteiger partial charge is 0.497 e. The predicted octanol–water partition coefficient (Wildman–Crippen LogP) is 4.06. The Labute approximate surface area is 193 Å². The number of benzene rings is 3. The van der Waals surface area contributed by atoms with Gasteiger partial charge in [0.05, 0.1) is 24.0 Å². The molecule has 3 aromatic carbocycles. The van der Waals surface area contributed by atoms with Crippen molar-refractivity contribution < 1.29 is 28.2 Å². The number of rotatable bonds is 4. The molecule has 0 saturated carbocycles. The number of anilines is 1. The van der Waals surface area contributed by atoms with Crippen LogP contribution in [0.1, 0.15) is 17.0 Å². The first kappa shape index (κ1) is 20.2. The van der Waals surface area contributed by atoms with Crippen LogP contribution in [0.3, 0.4) is 0 Å². The standard InChI is InChI=1S/C26H19NO7/c1-30-16-9-6-14(7-10-16)21-22-23(17-4-2-3-5-18(17)33-26(22)29)34-24(21)25(28)27-15-8-11-19-20(12-15)32-13-31-19/h2-12,21,24H,13H2,1H3,(H,27,28)/t21-,24+/m0/s1. The third-order valence-corrected chi connectivity index (χ3v) is 6.03. The van der Waals surface area contributed by atoms with Crippen LogP contribution in [0, 0.1) is 0 Å². The van der Waals surface area contributed by atoms with E-state index in [9.17, 15) is 9.59 Å². The molecule has 0 saturated heterocycles. The smallest absolute Gasteiger partial charge is 0.344 e. The number of hydrogen-bond donors (Lipinski definition) is 1. The van der Waals surface area contributed by atoms with Gasteiger partial charge >= 0.3 is 5.63 Å². The van der Waals surface area contributed by atoms with Crippen molar-refractivity contribution in [2.45, 2.75) is 12.0 Å². The second-order valence-corrected chi connectivity index (χ2v) is 7.98. The van der Waals surface area contributed by atoms with Gasteiger partial charge in [-0.1, -0.05) is 24.3 Å². The van der Waals surface area contributed by atoms with Gasteiger partial charge in [0.25, 0.3) is 5.91 Å². The molecule has 1 amide bonds. The topological polar surface area (TPSA) is 96.2 Å². The zero-order chi connectivity index (χ0) is 23.2. The molecule has 0 radical (unpaired) electrons. The Balaban J connectivity index is 1.43. The number of fused-ring (bicyclic) bond motifs is 4. The number of amides is 1. The van der Waals surface area contributed by atoms with Crippen molar-refractivity contribution in [3.8, 4) is 23.0 Å². The second kappa shape index (κ2) is 7.84. The summed E-state index contributed by atoms with van der Waals surface area (Å²) in [6.45, 7) is 0.135. The maximum Gasteiger partial charge on any atom is 0.344 e. The molecule has 0 spiro atoms. The minimum absolute atomic E-state index is 0.135. The highest BCUT2D eigenvalue weighted by atomic mass is 16.7. The van der Waals surface area contributed by atoms with Crippen LogP contribution >= 0.6 is 0 Å². The van der Waals surface area contributed by atoms with E-state index in [1.165, 1.54) is 0 Å². The van der Waals surface area contributed by atoms with Gasteiger partial charge in [0, 0.05) is 11.8 Å². The van der Waals surface area contributed by atoms with Crippen LogP contribution in [0.25, 0.3) is 11.0 Å². The Bertz CT molecular complexity index is 1480. The average molecular weight is 457 g/mol. The highest BCUT2D eigenvalue weighted by Gasteiger charge is 2.44. The van der Waals surface area contributed by atoms with Crippen molar-refractivity contribution in [3.05, 3.63) is 88.3 Å². The van der Waals surface area contributed by atoms with E-state index in [1.807, 2.05) is 18.2 Å². The summed E-state index contributed by atoms with van der Waals surface area (Å²) in [5, 5.41) is 3.51. The van der Waals surface area contributed by atoms with Crippen LogP contribution in [0.15, 0.2) is 75.9 Å². The quantitative estimate of drug-likeness (QED) is 0.462. The van der Waals surface area contributed by atoms with E-state index in [0.717, 1.165) is 5.56 Å². The fourth-order valence-electron chi connectivity index (χ4n) is 4.42. The van der Waals surface area contributed by atoms with Crippen LogP contribution in [0.2, 0.25) is 0 Å². The van der Waals surface area contributed by atoms with E-state index in [4.69, 9.17) is 23.4 Å². The Morgan fingerprint density at radius 3 is 2.62 bits per heavy atom. The summed E-state index contributed by atoms with van der Waals surface area (Å²) >= 11 is 0. The molecule has 8 nitrogen and oxygen atoms in total. The van der Waals surface area contributed by atoms with Gasteiger partial charge in [0.1, 0.15) is 17.1 Å². The van der Waals surface area contributed by atoms with Crippen LogP contribution in [-0.4, -0.2) is 25.9 Å². The SMILES string of the molecule is COc1ccc([C@H]2c3c(c4ccccc4oc3=O)O[C@H]2C(=O)Nc2ccc3c(c2)OCO3)cc1. The molecule has 0 fully saturated rings. The first-order valence-corrected chi connectivity index (χ1v) is 10.7. The summed E-state index contributed by atoms with van der Waals surface area (Å²) in [6.07, 6.45) is -0.998. The minimum atomic E-state index is -0.998. The van der Waals surface area contributed by atoms with Crippen molar-refractivity contribution in [1.29, 1.82) is 0 Å².